The number of alkyl halides is 2. The molecule has 108 valence electrons. The molecule has 5 unspecified atom stereocenters. The van der Waals surface area contributed by atoms with Crippen molar-refractivity contribution in [1.82, 2.24) is 0 Å². The van der Waals surface area contributed by atoms with Gasteiger partial charge in [-0.1, -0.05) is 0 Å². The molecule has 0 aromatic rings. The van der Waals surface area contributed by atoms with Crippen LogP contribution in [0.5, 0.6) is 0 Å². The molecule has 0 aromatic carbocycles. The van der Waals surface area contributed by atoms with Crippen molar-refractivity contribution in [1.29, 1.82) is 0 Å². The van der Waals surface area contributed by atoms with Crippen molar-refractivity contribution in [3.63, 3.8) is 0 Å². The van der Waals surface area contributed by atoms with Gasteiger partial charge in [-0.05, 0) is 18.8 Å². The Hall–Kier alpha value is -0.760. The van der Waals surface area contributed by atoms with Crippen LogP contribution in [0.1, 0.15) is 19.8 Å². The zero-order valence-corrected chi connectivity index (χ0v) is 11.0. The number of fused-ring (bicyclic) bond motifs is 1. The smallest absolute Gasteiger partial charge is 0.310 e. The summed E-state index contributed by atoms with van der Waals surface area (Å²) in [4.78, 5) is 11.9. The molecule has 0 aromatic heterocycles. The second-order valence-corrected chi connectivity index (χ2v) is 7.41. The minimum absolute atomic E-state index is 0.129. The number of hydrogen-bond donors (Lipinski definition) is 0. The normalized spacial score (nSPS) is 42.6. The summed E-state index contributed by atoms with van der Waals surface area (Å²) in [7, 11) is -3.77. The van der Waals surface area contributed by atoms with Crippen LogP contribution in [0, 0.1) is 17.8 Å². The largest absolute Gasteiger partial charge is 0.459 e. The standard InChI is InChI=1S/C11H14F2O5S/c1-11(12,13)4-17-10(14)8-5-2-6-7(3-5)18-19(15,16)9(6)8/h5-9H,2-4H2,1H3. The van der Waals surface area contributed by atoms with Gasteiger partial charge in [0, 0.05) is 12.8 Å². The Morgan fingerprint density at radius 3 is 2.74 bits per heavy atom. The van der Waals surface area contributed by atoms with E-state index in [2.05, 4.69) is 4.74 Å². The van der Waals surface area contributed by atoms with Gasteiger partial charge in [0.25, 0.3) is 16.0 Å². The fraction of sp³-hybridized carbons (Fsp3) is 0.909. The minimum atomic E-state index is -3.77. The van der Waals surface area contributed by atoms with Gasteiger partial charge in [0.2, 0.25) is 0 Å². The highest BCUT2D eigenvalue weighted by molar-refractivity contribution is 7.87. The first-order valence-corrected chi connectivity index (χ1v) is 7.63. The van der Waals surface area contributed by atoms with Gasteiger partial charge in [-0.25, -0.2) is 8.78 Å². The lowest BCUT2D eigenvalue weighted by molar-refractivity contribution is -0.160. The molecule has 2 aliphatic carbocycles. The van der Waals surface area contributed by atoms with Crippen LogP contribution in [0.3, 0.4) is 0 Å². The lowest BCUT2D eigenvalue weighted by Gasteiger charge is -2.23. The average Bonchev–Trinajstić information content (AvgIpc) is 2.83. The molecule has 3 fully saturated rings. The van der Waals surface area contributed by atoms with Crippen molar-refractivity contribution in [3.8, 4) is 0 Å². The van der Waals surface area contributed by atoms with Crippen LogP contribution < -0.4 is 0 Å². The maximum atomic E-state index is 12.7. The van der Waals surface area contributed by atoms with E-state index in [1.165, 1.54) is 0 Å². The molecule has 1 heterocycles. The lowest BCUT2D eigenvalue weighted by Crippen LogP contribution is -2.38. The van der Waals surface area contributed by atoms with Crippen molar-refractivity contribution in [2.24, 2.45) is 17.8 Å². The molecular formula is C11H14F2O5S. The number of carbonyl (C=O) groups excluding carboxylic acids is 1. The fourth-order valence-electron chi connectivity index (χ4n) is 3.61. The van der Waals surface area contributed by atoms with Crippen LogP contribution in [0.2, 0.25) is 0 Å². The molecule has 0 N–H and O–H groups in total. The Morgan fingerprint density at radius 1 is 1.42 bits per heavy atom. The molecule has 0 radical (unpaired) electrons. The molecule has 5 atom stereocenters. The highest BCUT2D eigenvalue weighted by Crippen LogP contribution is 2.57. The van der Waals surface area contributed by atoms with E-state index in [1.807, 2.05) is 0 Å². The molecule has 8 heteroatoms. The van der Waals surface area contributed by atoms with Crippen molar-refractivity contribution in [3.05, 3.63) is 0 Å². The molecule has 3 rings (SSSR count). The summed E-state index contributed by atoms with van der Waals surface area (Å²) in [5.41, 5.74) is 0. The molecule has 19 heavy (non-hydrogen) atoms. The minimum Gasteiger partial charge on any atom is -0.459 e. The topological polar surface area (TPSA) is 69.7 Å². The molecule has 0 spiro atoms. The maximum absolute atomic E-state index is 12.7. The maximum Gasteiger partial charge on any atom is 0.310 e. The first kappa shape index (κ1) is 13.2. The van der Waals surface area contributed by atoms with Crippen molar-refractivity contribution in [2.45, 2.75) is 37.0 Å². The fourth-order valence-corrected chi connectivity index (χ4v) is 5.71. The summed E-state index contributed by atoms with van der Waals surface area (Å²) in [6.07, 6.45) is 0.746. The van der Waals surface area contributed by atoms with Crippen LogP contribution >= 0.6 is 0 Å². The SMILES string of the molecule is CC(F)(F)COC(=O)C1C2CC3OS(=O)(=O)C1C3C2. The number of esters is 1. The van der Waals surface area contributed by atoms with E-state index < -0.39 is 39.8 Å². The molecule has 2 bridgehead atoms. The monoisotopic (exact) mass is 296 g/mol. The van der Waals surface area contributed by atoms with E-state index in [1.54, 1.807) is 0 Å². The summed E-state index contributed by atoms with van der Waals surface area (Å²) < 4.78 is 58.5. The summed E-state index contributed by atoms with van der Waals surface area (Å²) in [6.45, 7) is -0.372. The molecule has 2 saturated carbocycles. The highest BCUT2D eigenvalue weighted by atomic mass is 32.2. The predicted molar refractivity (Wildman–Crippen MR) is 58.9 cm³/mol. The Bertz CT molecular complexity index is 510. The van der Waals surface area contributed by atoms with Gasteiger partial charge >= 0.3 is 5.97 Å². The number of halogens is 2. The average molecular weight is 296 g/mol. The number of ether oxygens (including phenoxy) is 1. The Kier molecular flexibility index (Phi) is 2.70. The van der Waals surface area contributed by atoms with E-state index in [9.17, 15) is 22.0 Å². The van der Waals surface area contributed by atoms with Crippen LogP contribution in [-0.4, -0.2) is 38.3 Å². The molecule has 0 amide bonds. The van der Waals surface area contributed by atoms with E-state index in [0.29, 0.717) is 19.8 Å². The lowest BCUT2D eigenvalue weighted by atomic mass is 9.87. The van der Waals surface area contributed by atoms with Gasteiger partial charge in [0.1, 0.15) is 5.25 Å². The summed E-state index contributed by atoms with van der Waals surface area (Å²) in [5, 5.41) is -0.908. The van der Waals surface area contributed by atoms with Gasteiger partial charge in [-0.2, -0.15) is 8.42 Å². The zero-order chi connectivity index (χ0) is 14.0. The first-order chi connectivity index (χ1) is 8.69. The number of rotatable bonds is 3. The van der Waals surface area contributed by atoms with Gasteiger partial charge in [-0.15, -0.1) is 0 Å². The zero-order valence-electron chi connectivity index (χ0n) is 10.2. The van der Waals surface area contributed by atoms with E-state index in [-0.39, 0.29) is 17.9 Å². The second-order valence-electron chi connectivity index (χ2n) is 5.69. The summed E-state index contributed by atoms with van der Waals surface area (Å²) in [6, 6.07) is 0. The Balaban J connectivity index is 1.77. The van der Waals surface area contributed by atoms with Gasteiger partial charge in [0.15, 0.2) is 6.61 Å². The van der Waals surface area contributed by atoms with Gasteiger partial charge in [0.05, 0.1) is 12.0 Å². The third-order valence-corrected chi connectivity index (χ3v) is 6.03. The third kappa shape index (κ3) is 2.05. The van der Waals surface area contributed by atoms with Crippen molar-refractivity contribution < 1.29 is 30.9 Å². The number of carbonyl (C=O) groups is 1. The van der Waals surface area contributed by atoms with Crippen LogP contribution in [-0.2, 0) is 23.8 Å². The summed E-state index contributed by atoms with van der Waals surface area (Å²) >= 11 is 0. The molecule has 1 aliphatic heterocycles. The van der Waals surface area contributed by atoms with Crippen molar-refractivity contribution in [2.75, 3.05) is 6.61 Å². The Morgan fingerprint density at radius 2 is 2.11 bits per heavy atom. The predicted octanol–water partition coefficient (Wildman–Crippen LogP) is 0.938. The van der Waals surface area contributed by atoms with E-state index >= 15 is 0 Å². The Labute approximate surface area is 109 Å². The third-order valence-electron chi connectivity index (χ3n) is 4.20. The second kappa shape index (κ2) is 3.88. The van der Waals surface area contributed by atoms with Gasteiger partial charge < -0.3 is 4.74 Å². The van der Waals surface area contributed by atoms with Crippen LogP contribution in [0.15, 0.2) is 0 Å². The molecule has 5 nitrogen and oxygen atoms in total. The van der Waals surface area contributed by atoms with Crippen LogP contribution in [0.25, 0.3) is 0 Å². The molecule has 3 aliphatic rings. The molecule has 1 saturated heterocycles. The molecular weight excluding hydrogens is 282 g/mol. The summed E-state index contributed by atoms with van der Waals surface area (Å²) in [5.74, 6) is -5.12. The number of hydrogen-bond acceptors (Lipinski definition) is 5. The van der Waals surface area contributed by atoms with Crippen molar-refractivity contribution >= 4 is 16.1 Å². The quantitative estimate of drug-likeness (QED) is 0.572. The van der Waals surface area contributed by atoms with E-state index in [4.69, 9.17) is 4.18 Å². The van der Waals surface area contributed by atoms with E-state index in [0.717, 1.165) is 0 Å². The first-order valence-electron chi connectivity index (χ1n) is 6.15. The van der Waals surface area contributed by atoms with Gasteiger partial charge in [-0.3, -0.25) is 8.98 Å². The highest BCUT2D eigenvalue weighted by Gasteiger charge is 2.66. The van der Waals surface area contributed by atoms with Crippen LogP contribution in [0.4, 0.5) is 8.78 Å².